The van der Waals surface area contributed by atoms with Gasteiger partial charge < -0.3 is 16.4 Å². The Bertz CT molecular complexity index is 884. The fourth-order valence-electron chi connectivity index (χ4n) is 3.36. The van der Waals surface area contributed by atoms with E-state index in [2.05, 4.69) is 10.6 Å². The van der Waals surface area contributed by atoms with Crippen molar-refractivity contribution in [2.75, 3.05) is 11.9 Å². The van der Waals surface area contributed by atoms with E-state index in [9.17, 15) is 14.4 Å². The third kappa shape index (κ3) is 3.75. The molecule has 0 radical (unpaired) electrons. The van der Waals surface area contributed by atoms with Crippen molar-refractivity contribution < 1.29 is 14.4 Å². The first-order valence-electron chi connectivity index (χ1n) is 9.17. The number of fused-ring (bicyclic) bond motifs is 1. The molecule has 7 nitrogen and oxygen atoms in total. The van der Waals surface area contributed by atoms with Crippen molar-refractivity contribution in [3.63, 3.8) is 0 Å². The molecule has 0 aliphatic carbocycles. The van der Waals surface area contributed by atoms with E-state index in [4.69, 9.17) is 5.73 Å². The van der Waals surface area contributed by atoms with Gasteiger partial charge in [-0.05, 0) is 31.2 Å². The number of amides is 3. The SMILES string of the molecule is CN[C@@H](C)C(=O)N[C@H](C(=O)N1c2ccccc2C[C@H]1C(N)=O)c1ccccc1. The molecule has 0 saturated heterocycles. The van der Waals surface area contributed by atoms with Crippen LogP contribution in [0.4, 0.5) is 5.69 Å². The summed E-state index contributed by atoms with van der Waals surface area (Å²) in [6.45, 7) is 1.71. The lowest BCUT2D eigenvalue weighted by Gasteiger charge is -2.29. The lowest BCUT2D eigenvalue weighted by molar-refractivity contribution is -0.129. The number of nitrogens with one attached hydrogen (secondary N) is 2. The van der Waals surface area contributed by atoms with Crippen LogP contribution in [0.5, 0.6) is 0 Å². The Morgan fingerprint density at radius 3 is 2.36 bits per heavy atom. The van der Waals surface area contributed by atoms with Crippen molar-refractivity contribution in [2.45, 2.75) is 31.5 Å². The molecule has 3 rings (SSSR count). The molecule has 2 aromatic carbocycles. The van der Waals surface area contributed by atoms with Crippen LogP contribution in [0.2, 0.25) is 0 Å². The Morgan fingerprint density at radius 1 is 1.07 bits per heavy atom. The van der Waals surface area contributed by atoms with Gasteiger partial charge in [0, 0.05) is 12.1 Å². The number of para-hydroxylation sites is 1. The highest BCUT2D eigenvalue weighted by Gasteiger charge is 2.40. The van der Waals surface area contributed by atoms with Gasteiger partial charge in [0.15, 0.2) is 0 Å². The molecule has 0 bridgehead atoms. The lowest BCUT2D eigenvalue weighted by Crippen LogP contribution is -2.52. The summed E-state index contributed by atoms with van der Waals surface area (Å²) in [6, 6.07) is 14.1. The van der Waals surface area contributed by atoms with E-state index in [-0.39, 0.29) is 5.91 Å². The minimum Gasteiger partial charge on any atom is -0.368 e. The van der Waals surface area contributed by atoms with Crippen LogP contribution in [-0.4, -0.2) is 36.9 Å². The number of nitrogens with two attached hydrogens (primary N) is 1. The molecule has 3 atom stereocenters. The van der Waals surface area contributed by atoms with Crippen molar-refractivity contribution in [3.8, 4) is 0 Å². The fourth-order valence-corrected chi connectivity index (χ4v) is 3.36. The number of carbonyl (C=O) groups is 3. The predicted molar refractivity (Wildman–Crippen MR) is 106 cm³/mol. The molecule has 0 aromatic heterocycles. The molecular formula is C21H24N4O3. The summed E-state index contributed by atoms with van der Waals surface area (Å²) in [6.07, 6.45) is 0.361. The molecule has 1 aliphatic rings. The van der Waals surface area contributed by atoms with Crippen LogP contribution in [0.1, 0.15) is 24.1 Å². The lowest BCUT2D eigenvalue weighted by atomic mass is 10.0. The smallest absolute Gasteiger partial charge is 0.254 e. The van der Waals surface area contributed by atoms with E-state index >= 15 is 0 Å². The summed E-state index contributed by atoms with van der Waals surface area (Å²) in [4.78, 5) is 39.5. The second-order valence-electron chi connectivity index (χ2n) is 6.82. The van der Waals surface area contributed by atoms with Gasteiger partial charge in [0.25, 0.3) is 5.91 Å². The summed E-state index contributed by atoms with van der Waals surface area (Å²) in [7, 11) is 1.67. The Morgan fingerprint density at radius 2 is 1.71 bits per heavy atom. The monoisotopic (exact) mass is 380 g/mol. The summed E-state index contributed by atoms with van der Waals surface area (Å²) in [5, 5.41) is 5.67. The molecule has 1 heterocycles. The fraction of sp³-hybridized carbons (Fsp3) is 0.286. The Kier molecular flexibility index (Phi) is 5.75. The van der Waals surface area contributed by atoms with Crippen LogP contribution in [-0.2, 0) is 20.8 Å². The van der Waals surface area contributed by atoms with E-state index in [0.717, 1.165) is 5.56 Å². The molecule has 0 fully saturated rings. The molecule has 7 heteroatoms. The van der Waals surface area contributed by atoms with E-state index in [1.165, 1.54) is 4.90 Å². The van der Waals surface area contributed by atoms with Crippen molar-refractivity contribution in [2.24, 2.45) is 5.73 Å². The first-order valence-corrected chi connectivity index (χ1v) is 9.17. The molecule has 0 saturated carbocycles. The van der Waals surface area contributed by atoms with Gasteiger partial charge in [-0.15, -0.1) is 0 Å². The van der Waals surface area contributed by atoms with Crippen molar-refractivity contribution >= 4 is 23.4 Å². The third-order valence-electron chi connectivity index (χ3n) is 5.03. The zero-order valence-corrected chi connectivity index (χ0v) is 15.9. The summed E-state index contributed by atoms with van der Waals surface area (Å²) >= 11 is 0. The molecule has 146 valence electrons. The number of hydrogen-bond acceptors (Lipinski definition) is 4. The minimum absolute atomic E-state index is 0.312. The molecule has 2 aromatic rings. The van der Waals surface area contributed by atoms with E-state index in [1.807, 2.05) is 24.3 Å². The maximum Gasteiger partial charge on any atom is 0.254 e. The summed E-state index contributed by atoms with van der Waals surface area (Å²) < 4.78 is 0. The number of carbonyl (C=O) groups excluding carboxylic acids is 3. The standard InChI is InChI=1S/C21H24N4O3/c1-13(23-2)20(27)24-18(14-8-4-3-5-9-14)21(28)25-16-11-7-6-10-15(16)12-17(25)19(22)26/h3-11,13,17-18,23H,12H2,1-2H3,(H2,22,26)(H,24,27)/t13-,17-,18-/m0/s1. The van der Waals surface area contributed by atoms with Gasteiger partial charge in [-0.1, -0.05) is 48.5 Å². The molecule has 3 amide bonds. The van der Waals surface area contributed by atoms with Gasteiger partial charge in [-0.2, -0.15) is 0 Å². The van der Waals surface area contributed by atoms with Crippen molar-refractivity contribution in [1.82, 2.24) is 10.6 Å². The minimum atomic E-state index is -0.933. The van der Waals surface area contributed by atoms with Crippen LogP contribution >= 0.6 is 0 Å². The topological polar surface area (TPSA) is 105 Å². The van der Waals surface area contributed by atoms with Crippen LogP contribution in [0, 0.1) is 0 Å². The second kappa shape index (κ2) is 8.22. The molecular weight excluding hydrogens is 356 g/mol. The van der Waals surface area contributed by atoms with Gasteiger partial charge in [0.05, 0.1) is 6.04 Å². The molecule has 1 aliphatic heterocycles. The van der Waals surface area contributed by atoms with Crippen molar-refractivity contribution in [3.05, 3.63) is 65.7 Å². The Labute approximate surface area is 163 Å². The Hall–Kier alpha value is -3.19. The zero-order valence-electron chi connectivity index (χ0n) is 15.9. The average Bonchev–Trinajstić information content (AvgIpc) is 3.11. The highest BCUT2D eigenvalue weighted by atomic mass is 16.2. The number of nitrogens with zero attached hydrogens (tertiary/aromatic N) is 1. The van der Waals surface area contributed by atoms with Gasteiger partial charge in [0.2, 0.25) is 11.8 Å². The number of likely N-dealkylation sites (N-methyl/N-ethyl adjacent to an activating group) is 1. The third-order valence-corrected chi connectivity index (χ3v) is 5.03. The number of rotatable bonds is 6. The predicted octanol–water partition coefficient (Wildman–Crippen LogP) is 0.895. The Balaban J connectivity index is 2.00. The number of primary amides is 1. The normalized spacial score (nSPS) is 17.5. The van der Waals surface area contributed by atoms with Crippen molar-refractivity contribution in [1.29, 1.82) is 0 Å². The maximum absolute atomic E-state index is 13.6. The van der Waals surface area contributed by atoms with Crippen LogP contribution in [0.3, 0.4) is 0 Å². The molecule has 28 heavy (non-hydrogen) atoms. The quantitative estimate of drug-likeness (QED) is 0.692. The first-order chi connectivity index (χ1) is 13.4. The van der Waals surface area contributed by atoms with Crippen LogP contribution in [0.25, 0.3) is 0 Å². The zero-order chi connectivity index (χ0) is 20.3. The number of anilines is 1. The summed E-state index contributed by atoms with van der Waals surface area (Å²) in [5.74, 6) is -1.28. The maximum atomic E-state index is 13.6. The number of benzene rings is 2. The van der Waals surface area contributed by atoms with Crippen LogP contribution in [0.15, 0.2) is 54.6 Å². The van der Waals surface area contributed by atoms with Gasteiger partial charge in [-0.25, -0.2) is 0 Å². The molecule has 4 N–H and O–H groups in total. The van der Waals surface area contributed by atoms with E-state index < -0.39 is 29.9 Å². The van der Waals surface area contributed by atoms with Gasteiger partial charge in [-0.3, -0.25) is 19.3 Å². The van der Waals surface area contributed by atoms with Gasteiger partial charge >= 0.3 is 0 Å². The highest BCUT2D eigenvalue weighted by molar-refractivity contribution is 6.06. The molecule has 0 unspecified atom stereocenters. The molecule has 0 spiro atoms. The highest BCUT2D eigenvalue weighted by Crippen LogP contribution is 2.34. The van der Waals surface area contributed by atoms with E-state index in [1.54, 1.807) is 44.3 Å². The first kappa shape index (κ1) is 19.6. The number of hydrogen-bond donors (Lipinski definition) is 3. The summed E-state index contributed by atoms with van der Waals surface area (Å²) in [5.41, 5.74) is 7.74. The van der Waals surface area contributed by atoms with E-state index in [0.29, 0.717) is 17.7 Å². The van der Waals surface area contributed by atoms with Crippen LogP contribution < -0.4 is 21.3 Å². The largest absolute Gasteiger partial charge is 0.368 e. The van der Waals surface area contributed by atoms with Gasteiger partial charge in [0.1, 0.15) is 12.1 Å². The second-order valence-corrected chi connectivity index (χ2v) is 6.82. The average molecular weight is 380 g/mol.